The molecule has 1 aliphatic rings. The minimum Gasteiger partial charge on any atom is -0.494 e. The number of carbonyl (C=O) groups is 2. The number of ether oxygens (including phenoxy) is 1. The molecular formula is C34H45N7O3. The fourth-order valence-electron chi connectivity index (χ4n) is 4.85. The Morgan fingerprint density at radius 1 is 1.07 bits per heavy atom. The second-order valence-corrected chi connectivity index (χ2v) is 11.5. The molecule has 2 amide bonds. The van der Waals surface area contributed by atoms with E-state index < -0.39 is 0 Å². The zero-order chi connectivity index (χ0) is 31.5. The third-order valence-electron chi connectivity index (χ3n) is 7.26. The second kappa shape index (κ2) is 16.0. The molecule has 0 unspecified atom stereocenters. The molecule has 4 rings (SSSR count). The van der Waals surface area contributed by atoms with Crippen LogP contribution in [0.5, 0.6) is 5.75 Å². The Hall–Kier alpha value is -4.28. The molecule has 0 spiro atoms. The average Bonchev–Trinajstić information content (AvgIpc) is 2.97. The summed E-state index contributed by atoms with van der Waals surface area (Å²) in [6.45, 7) is 8.37. The summed E-state index contributed by atoms with van der Waals surface area (Å²) < 4.78 is 5.79. The van der Waals surface area contributed by atoms with Crippen molar-refractivity contribution in [3.63, 3.8) is 0 Å². The maximum absolute atomic E-state index is 13.0. The third kappa shape index (κ3) is 9.89. The first-order valence-corrected chi connectivity index (χ1v) is 15.3. The summed E-state index contributed by atoms with van der Waals surface area (Å²) in [7, 11) is 5.98. The number of rotatable bonds is 15. The van der Waals surface area contributed by atoms with E-state index in [9.17, 15) is 9.59 Å². The van der Waals surface area contributed by atoms with Crippen molar-refractivity contribution in [3.05, 3.63) is 72.4 Å². The van der Waals surface area contributed by atoms with Crippen LogP contribution in [0.15, 0.2) is 66.9 Å². The number of carbonyl (C=O) groups excluding carboxylic acids is 2. The number of likely N-dealkylation sites (N-methyl/N-ethyl adjacent to an activating group) is 1. The highest BCUT2D eigenvalue weighted by Gasteiger charge is 2.31. The van der Waals surface area contributed by atoms with Crippen molar-refractivity contribution in [1.82, 2.24) is 24.7 Å². The summed E-state index contributed by atoms with van der Waals surface area (Å²) in [5.41, 5.74) is 4.26. The predicted molar refractivity (Wildman–Crippen MR) is 176 cm³/mol. The van der Waals surface area contributed by atoms with E-state index in [1.165, 1.54) is 0 Å². The lowest BCUT2D eigenvalue weighted by molar-refractivity contribution is -0.134. The Morgan fingerprint density at radius 3 is 2.61 bits per heavy atom. The fraction of sp³-hybridized carbons (Fsp3) is 0.412. The van der Waals surface area contributed by atoms with Crippen LogP contribution < -0.4 is 15.4 Å². The zero-order valence-corrected chi connectivity index (χ0v) is 26.5. The van der Waals surface area contributed by atoms with Crippen molar-refractivity contribution in [2.24, 2.45) is 5.92 Å². The van der Waals surface area contributed by atoms with Gasteiger partial charge >= 0.3 is 0 Å². The molecule has 44 heavy (non-hydrogen) atoms. The fourth-order valence-corrected chi connectivity index (χ4v) is 4.85. The number of aromatic nitrogens is 2. The minimum atomic E-state index is -0.0689. The molecule has 0 atom stereocenters. The second-order valence-electron chi connectivity index (χ2n) is 11.5. The van der Waals surface area contributed by atoms with Gasteiger partial charge in [0.25, 0.3) is 0 Å². The van der Waals surface area contributed by atoms with Gasteiger partial charge in [0.15, 0.2) is 0 Å². The number of benzene rings is 2. The molecule has 10 heteroatoms. The molecule has 3 aromatic rings. The van der Waals surface area contributed by atoms with E-state index in [2.05, 4.69) is 47.5 Å². The monoisotopic (exact) mass is 599 g/mol. The molecule has 234 valence electrons. The zero-order valence-electron chi connectivity index (χ0n) is 26.5. The van der Waals surface area contributed by atoms with Crippen LogP contribution in [0.2, 0.25) is 0 Å². The van der Waals surface area contributed by atoms with Crippen molar-refractivity contribution in [3.8, 4) is 17.0 Å². The van der Waals surface area contributed by atoms with Gasteiger partial charge in [-0.1, -0.05) is 32.1 Å². The van der Waals surface area contributed by atoms with Gasteiger partial charge in [-0.15, -0.1) is 0 Å². The van der Waals surface area contributed by atoms with Gasteiger partial charge in [0, 0.05) is 67.7 Å². The van der Waals surface area contributed by atoms with Crippen LogP contribution in [0.3, 0.4) is 0 Å². The first-order valence-electron chi connectivity index (χ1n) is 15.3. The van der Waals surface area contributed by atoms with Gasteiger partial charge in [-0.3, -0.25) is 9.59 Å². The molecule has 2 heterocycles. The van der Waals surface area contributed by atoms with Crippen molar-refractivity contribution in [2.45, 2.75) is 33.2 Å². The van der Waals surface area contributed by atoms with Gasteiger partial charge in [-0.2, -0.15) is 0 Å². The molecule has 2 aromatic carbocycles. The van der Waals surface area contributed by atoms with E-state index in [0.29, 0.717) is 37.8 Å². The van der Waals surface area contributed by atoms with E-state index in [1.54, 1.807) is 17.2 Å². The third-order valence-corrected chi connectivity index (χ3v) is 7.26. The standard InChI is InChI=1S/C34H45N7O3/c1-6-16-44-30-11-8-10-27(20-30)31-13-14-35-34(38-31)37-29-18-25(22-40(5)7-2)17-28(21-29)36-32(42)19-26-23-41(24-26)33(43)12-9-15-39(3)4/h8-14,17-18,20-21,26H,6-7,15-16,19,22-24H2,1-5H3,(H,36,42)(H,35,37,38)/b12-9+. The number of hydrogen-bond acceptors (Lipinski definition) is 8. The maximum atomic E-state index is 13.0. The molecule has 0 saturated carbocycles. The molecule has 0 aliphatic carbocycles. The molecule has 0 bridgehead atoms. The summed E-state index contributed by atoms with van der Waals surface area (Å²) in [5, 5.41) is 6.41. The van der Waals surface area contributed by atoms with Gasteiger partial charge in [0.2, 0.25) is 17.8 Å². The molecule has 1 aliphatic heterocycles. The van der Waals surface area contributed by atoms with E-state index in [1.807, 2.05) is 67.5 Å². The highest BCUT2D eigenvalue weighted by molar-refractivity contribution is 5.92. The van der Waals surface area contributed by atoms with Crippen LogP contribution in [-0.4, -0.2) is 90.4 Å². The first-order chi connectivity index (χ1) is 21.2. The summed E-state index contributed by atoms with van der Waals surface area (Å²) in [5.74, 6) is 1.34. The van der Waals surface area contributed by atoms with Crippen LogP contribution in [0.4, 0.5) is 17.3 Å². The minimum absolute atomic E-state index is 0.00390. The van der Waals surface area contributed by atoms with Gasteiger partial charge < -0.3 is 30.1 Å². The summed E-state index contributed by atoms with van der Waals surface area (Å²) >= 11 is 0. The van der Waals surface area contributed by atoms with Crippen LogP contribution in [0.25, 0.3) is 11.3 Å². The molecule has 1 saturated heterocycles. The Kier molecular flexibility index (Phi) is 11.8. The number of amides is 2. The Bertz CT molecular complexity index is 1440. The number of hydrogen-bond donors (Lipinski definition) is 2. The van der Waals surface area contributed by atoms with Gasteiger partial charge in [0.05, 0.1) is 12.3 Å². The van der Waals surface area contributed by atoms with E-state index in [-0.39, 0.29) is 17.7 Å². The number of nitrogens with zero attached hydrogens (tertiary/aromatic N) is 5. The van der Waals surface area contributed by atoms with Crippen LogP contribution in [-0.2, 0) is 16.1 Å². The Balaban J connectivity index is 1.42. The van der Waals surface area contributed by atoms with Crippen LogP contribution in [0.1, 0.15) is 32.3 Å². The molecular weight excluding hydrogens is 554 g/mol. The van der Waals surface area contributed by atoms with E-state index >= 15 is 0 Å². The highest BCUT2D eigenvalue weighted by atomic mass is 16.5. The number of nitrogens with one attached hydrogen (secondary N) is 2. The molecule has 10 nitrogen and oxygen atoms in total. The average molecular weight is 600 g/mol. The van der Waals surface area contributed by atoms with E-state index in [4.69, 9.17) is 9.72 Å². The SMILES string of the molecule is CCCOc1cccc(-c2ccnc(Nc3cc(CN(C)CC)cc(NC(=O)CC4CN(C(=O)/C=C/CN(C)C)C4)c3)n2)c1. The normalized spacial score (nSPS) is 13.4. The van der Waals surface area contributed by atoms with Crippen molar-refractivity contribution in [1.29, 1.82) is 0 Å². The lowest BCUT2D eigenvalue weighted by atomic mass is 9.95. The topological polar surface area (TPSA) is 103 Å². The van der Waals surface area contributed by atoms with Crippen LogP contribution in [0, 0.1) is 5.92 Å². The van der Waals surface area contributed by atoms with Crippen molar-refractivity contribution in [2.75, 3.05) is 64.6 Å². The van der Waals surface area contributed by atoms with Gasteiger partial charge in [0.1, 0.15) is 5.75 Å². The molecule has 1 aromatic heterocycles. The maximum Gasteiger partial charge on any atom is 0.246 e. The molecule has 1 fully saturated rings. The Labute approximate surface area is 261 Å². The number of anilines is 3. The lowest BCUT2D eigenvalue weighted by Crippen LogP contribution is -2.50. The first kappa shape index (κ1) is 32.6. The quantitative estimate of drug-likeness (QED) is 0.235. The lowest BCUT2D eigenvalue weighted by Gasteiger charge is -2.38. The number of likely N-dealkylation sites (tertiary alicyclic amines) is 1. The van der Waals surface area contributed by atoms with E-state index in [0.717, 1.165) is 54.3 Å². The smallest absolute Gasteiger partial charge is 0.246 e. The van der Waals surface area contributed by atoms with Gasteiger partial charge in [-0.05, 0) is 76.1 Å². The summed E-state index contributed by atoms with van der Waals surface area (Å²) in [6.07, 6.45) is 6.50. The summed E-state index contributed by atoms with van der Waals surface area (Å²) in [4.78, 5) is 40.5. The van der Waals surface area contributed by atoms with Crippen molar-refractivity contribution >= 4 is 29.1 Å². The predicted octanol–water partition coefficient (Wildman–Crippen LogP) is 5.03. The molecule has 0 radical (unpaired) electrons. The highest BCUT2D eigenvalue weighted by Crippen LogP contribution is 2.27. The largest absolute Gasteiger partial charge is 0.494 e. The molecule has 2 N–H and O–H groups in total. The van der Waals surface area contributed by atoms with Crippen LogP contribution >= 0.6 is 0 Å². The van der Waals surface area contributed by atoms with Crippen molar-refractivity contribution < 1.29 is 14.3 Å². The van der Waals surface area contributed by atoms with Gasteiger partial charge in [-0.25, -0.2) is 9.97 Å². The summed E-state index contributed by atoms with van der Waals surface area (Å²) in [6, 6.07) is 15.7. The Morgan fingerprint density at radius 2 is 1.86 bits per heavy atom.